The summed E-state index contributed by atoms with van der Waals surface area (Å²) in [5.74, 6) is -0.597. The first-order valence-corrected chi connectivity index (χ1v) is 10.8. The van der Waals surface area contributed by atoms with Crippen LogP contribution >= 0.6 is 0 Å². The largest absolute Gasteiger partial charge is 0.354 e. The second-order valence-corrected chi connectivity index (χ2v) is 8.34. The molecule has 0 aromatic heterocycles. The first kappa shape index (κ1) is 19.9. The van der Waals surface area contributed by atoms with Crippen molar-refractivity contribution in [2.75, 3.05) is 32.7 Å². The first-order chi connectivity index (χ1) is 14.1. The number of likely N-dealkylation sites (tertiary alicyclic amines) is 1. The number of amides is 4. The molecule has 29 heavy (non-hydrogen) atoms. The highest BCUT2D eigenvalue weighted by molar-refractivity contribution is 6.09. The van der Waals surface area contributed by atoms with E-state index in [2.05, 4.69) is 15.5 Å². The average Bonchev–Trinajstić information content (AvgIpc) is 3.05. The minimum Gasteiger partial charge on any atom is -0.354 e. The third kappa shape index (κ3) is 4.01. The maximum Gasteiger partial charge on any atom is 0.325 e. The van der Waals surface area contributed by atoms with Crippen molar-refractivity contribution in [2.24, 2.45) is 0 Å². The Labute approximate surface area is 171 Å². The summed E-state index contributed by atoms with van der Waals surface area (Å²) < 4.78 is 0. The maximum atomic E-state index is 13.1. The SMILES string of the molecule is O=C(CN1C(=O)NC2(CCc3ccccc32)C1=O)NCCCN1CCCCCC1. The molecule has 4 rings (SSSR count). The number of urea groups is 1. The van der Waals surface area contributed by atoms with E-state index in [1.54, 1.807) is 0 Å². The van der Waals surface area contributed by atoms with Gasteiger partial charge < -0.3 is 15.5 Å². The number of fused-ring (bicyclic) bond motifs is 2. The fourth-order valence-corrected chi connectivity index (χ4v) is 4.82. The fraction of sp³-hybridized carbons (Fsp3) is 0.591. The number of nitrogens with one attached hydrogen (secondary N) is 2. The second-order valence-electron chi connectivity index (χ2n) is 8.34. The Morgan fingerprint density at radius 3 is 2.66 bits per heavy atom. The molecule has 7 nitrogen and oxygen atoms in total. The number of carbonyl (C=O) groups is 3. The van der Waals surface area contributed by atoms with Crippen LogP contribution in [0.15, 0.2) is 24.3 Å². The number of hydrogen-bond donors (Lipinski definition) is 2. The third-order valence-corrected chi connectivity index (χ3v) is 6.40. The van der Waals surface area contributed by atoms with Gasteiger partial charge >= 0.3 is 6.03 Å². The first-order valence-electron chi connectivity index (χ1n) is 10.8. The minimum atomic E-state index is -0.999. The summed E-state index contributed by atoms with van der Waals surface area (Å²) >= 11 is 0. The molecule has 0 bridgehead atoms. The molecule has 1 unspecified atom stereocenters. The minimum absolute atomic E-state index is 0.224. The normalized spacial score (nSPS) is 24.5. The van der Waals surface area contributed by atoms with Gasteiger partial charge in [0.15, 0.2) is 0 Å². The number of hydrogen-bond acceptors (Lipinski definition) is 4. The molecule has 3 aliphatic rings. The monoisotopic (exact) mass is 398 g/mol. The molecule has 156 valence electrons. The van der Waals surface area contributed by atoms with Gasteiger partial charge in [-0.15, -0.1) is 0 Å². The van der Waals surface area contributed by atoms with Gasteiger partial charge in [-0.3, -0.25) is 14.5 Å². The molecule has 2 heterocycles. The summed E-state index contributed by atoms with van der Waals surface area (Å²) in [5.41, 5.74) is 0.945. The highest BCUT2D eigenvalue weighted by Crippen LogP contribution is 2.41. The zero-order chi connectivity index (χ0) is 20.3. The van der Waals surface area contributed by atoms with Crippen LogP contribution in [0.2, 0.25) is 0 Å². The number of rotatable bonds is 6. The second kappa shape index (κ2) is 8.53. The highest BCUT2D eigenvalue weighted by Gasteiger charge is 2.55. The van der Waals surface area contributed by atoms with E-state index in [-0.39, 0.29) is 18.4 Å². The van der Waals surface area contributed by atoms with E-state index in [4.69, 9.17) is 0 Å². The van der Waals surface area contributed by atoms with E-state index in [0.717, 1.165) is 48.5 Å². The van der Waals surface area contributed by atoms with Crippen LogP contribution in [0, 0.1) is 0 Å². The number of aryl methyl sites for hydroxylation is 1. The van der Waals surface area contributed by atoms with Crippen molar-refractivity contribution in [3.63, 3.8) is 0 Å². The molecule has 2 aliphatic heterocycles. The maximum absolute atomic E-state index is 13.1. The third-order valence-electron chi connectivity index (χ3n) is 6.40. The van der Waals surface area contributed by atoms with Gasteiger partial charge in [-0.2, -0.15) is 0 Å². The van der Waals surface area contributed by atoms with Crippen molar-refractivity contribution in [3.05, 3.63) is 35.4 Å². The molecule has 0 radical (unpaired) electrons. The summed E-state index contributed by atoms with van der Waals surface area (Å²) in [4.78, 5) is 41.4. The highest BCUT2D eigenvalue weighted by atomic mass is 16.2. The van der Waals surface area contributed by atoms with Crippen LogP contribution in [0.1, 0.15) is 49.7 Å². The van der Waals surface area contributed by atoms with E-state index in [9.17, 15) is 14.4 Å². The number of benzene rings is 1. The molecule has 2 fully saturated rings. The lowest BCUT2D eigenvalue weighted by atomic mass is 9.92. The van der Waals surface area contributed by atoms with E-state index < -0.39 is 11.6 Å². The Hall–Kier alpha value is -2.41. The van der Waals surface area contributed by atoms with Gasteiger partial charge in [0.05, 0.1) is 0 Å². The average molecular weight is 399 g/mol. The van der Waals surface area contributed by atoms with Crippen molar-refractivity contribution < 1.29 is 14.4 Å². The number of nitrogens with zero attached hydrogens (tertiary/aromatic N) is 2. The number of carbonyl (C=O) groups excluding carboxylic acids is 3. The van der Waals surface area contributed by atoms with Crippen LogP contribution in [0.3, 0.4) is 0 Å². The summed E-state index contributed by atoms with van der Waals surface area (Å²) in [7, 11) is 0. The quantitative estimate of drug-likeness (QED) is 0.565. The van der Waals surface area contributed by atoms with E-state index >= 15 is 0 Å². The molecule has 7 heteroatoms. The van der Waals surface area contributed by atoms with Gasteiger partial charge in [0, 0.05) is 6.54 Å². The van der Waals surface area contributed by atoms with E-state index in [1.807, 2.05) is 24.3 Å². The van der Waals surface area contributed by atoms with Gasteiger partial charge in [0.1, 0.15) is 12.1 Å². The zero-order valence-electron chi connectivity index (χ0n) is 16.9. The molecule has 2 N–H and O–H groups in total. The molecule has 1 spiro atoms. The van der Waals surface area contributed by atoms with Gasteiger partial charge in [-0.05, 0) is 62.9 Å². The van der Waals surface area contributed by atoms with Gasteiger partial charge in [-0.1, -0.05) is 37.1 Å². The summed E-state index contributed by atoms with van der Waals surface area (Å²) in [6.45, 7) is 3.59. The summed E-state index contributed by atoms with van der Waals surface area (Å²) in [6, 6.07) is 7.23. The van der Waals surface area contributed by atoms with Crippen LogP contribution in [-0.4, -0.2) is 60.4 Å². The Morgan fingerprint density at radius 2 is 1.86 bits per heavy atom. The fourth-order valence-electron chi connectivity index (χ4n) is 4.82. The van der Waals surface area contributed by atoms with Crippen molar-refractivity contribution in [1.82, 2.24) is 20.4 Å². The Bertz CT molecular complexity index is 788. The molecule has 1 aromatic rings. The van der Waals surface area contributed by atoms with Crippen LogP contribution in [-0.2, 0) is 21.5 Å². The summed E-state index contributed by atoms with van der Waals surface area (Å²) in [6.07, 6.45) is 7.30. The van der Waals surface area contributed by atoms with Crippen LogP contribution in [0.25, 0.3) is 0 Å². The molecule has 1 atom stereocenters. The van der Waals surface area contributed by atoms with Gasteiger partial charge in [0.25, 0.3) is 5.91 Å². The molecule has 1 aromatic carbocycles. The van der Waals surface area contributed by atoms with Gasteiger partial charge in [-0.25, -0.2) is 4.79 Å². The van der Waals surface area contributed by atoms with E-state index in [1.165, 1.54) is 25.7 Å². The smallest absolute Gasteiger partial charge is 0.325 e. The zero-order valence-corrected chi connectivity index (χ0v) is 16.9. The molecule has 4 amide bonds. The lowest BCUT2D eigenvalue weighted by Gasteiger charge is -2.22. The van der Waals surface area contributed by atoms with Gasteiger partial charge in [0.2, 0.25) is 5.91 Å². The lowest BCUT2D eigenvalue weighted by Crippen LogP contribution is -2.44. The van der Waals surface area contributed by atoms with E-state index in [0.29, 0.717) is 13.0 Å². The van der Waals surface area contributed by atoms with Crippen LogP contribution < -0.4 is 10.6 Å². The molecular formula is C22H30N4O3. The molecular weight excluding hydrogens is 368 g/mol. The standard InChI is InChI=1S/C22H30N4O3/c27-19(23-12-7-15-25-13-5-1-2-6-14-25)16-26-20(28)22(24-21(26)29)11-10-17-8-3-4-9-18(17)22/h3-4,8-9H,1-2,5-7,10-16H2,(H,23,27)(H,24,29). The predicted octanol–water partition coefficient (Wildman–Crippen LogP) is 1.76. The Kier molecular flexibility index (Phi) is 5.85. The van der Waals surface area contributed by atoms with Crippen LogP contribution in [0.5, 0.6) is 0 Å². The van der Waals surface area contributed by atoms with Crippen molar-refractivity contribution in [3.8, 4) is 0 Å². The lowest BCUT2D eigenvalue weighted by molar-refractivity contribution is -0.135. The van der Waals surface area contributed by atoms with Crippen molar-refractivity contribution in [1.29, 1.82) is 0 Å². The van der Waals surface area contributed by atoms with Crippen molar-refractivity contribution >= 4 is 17.8 Å². The Balaban J connectivity index is 1.28. The molecule has 1 aliphatic carbocycles. The predicted molar refractivity (Wildman–Crippen MR) is 109 cm³/mol. The van der Waals surface area contributed by atoms with Crippen LogP contribution in [0.4, 0.5) is 4.79 Å². The Morgan fingerprint density at radius 1 is 1.10 bits per heavy atom. The topological polar surface area (TPSA) is 81.8 Å². The molecule has 2 saturated heterocycles. The summed E-state index contributed by atoms with van der Waals surface area (Å²) in [5, 5.41) is 5.72. The molecule has 0 saturated carbocycles. The number of imide groups is 1. The van der Waals surface area contributed by atoms with Crippen molar-refractivity contribution in [2.45, 2.75) is 50.5 Å².